The van der Waals surface area contributed by atoms with E-state index in [9.17, 15) is 34.8 Å². The van der Waals surface area contributed by atoms with Gasteiger partial charge in [0.1, 0.15) is 42.4 Å². The number of benzene rings is 7. The molecule has 1 aliphatic heterocycles. The minimum absolute atomic E-state index is 0. The first kappa shape index (κ1) is 62.5. The summed E-state index contributed by atoms with van der Waals surface area (Å²) in [5, 5.41) is 82.1. The summed E-state index contributed by atoms with van der Waals surface area (Å²) < 4.78 is 16.6. The summed E-state index contributed by atoms with van der Waals surface area (Å²) in [5.41, 5.74) is 7.14. The van der Waals surface area contributed by atoms with Gasteiger partial charge >= 0.3 is 23.3 Å². The van der Waals surface area contributed by atoms with Crippen molar-refractivity contribution in [1.82, 2.24) is 24.1 Å². The molecule has 10 rings (SSSR count). The van der Waals surface area contributed by atoms with Crippen LogP contribution >= 0.6 is 0 Å². The van der Waals surface area contributed by atoms with Gasteiger partial charge in [0, 0.05) is 70.3 Å². The fourth-order valence-electron chi connectivity index (χ4n) is 9.21. The molecule has 0 atom stereocenters. The number of carbonyl (C=O) groups is 3. The number of carbonyl (C=O) groups excluding carboxylic acids is 3. The van der Waals surface area contributed by atoms with E-state index in [1.807, 2.05) is 30.3 Å². The molecule has 0 spiro atoms. The summed E-state index contributed by atoms with van der Waals surface area (Å²) in [4.78, 5) is 37.4. The average Bonchev–Trinajstić information content (AvgIpc) is 2.14. The van der Waals surface area contributed by atoms with Crippen molar-refractivity contribution in [2.75, 3.05) is 44.3 Å². The van der Waals surface area contributed by atoms with E-state index >= 15 is 0 Å². The zero-order valence-electron chi connectivity index (χ0n) is 47.4. The number of aromatic nitrogens is 4. The van der Waals surface area contributed by atoms with Crippen LogP contribution in [0.1, 0.15) is 70.2 Å². The number of hydrogen-bond donors (Lipinski definition) is 1. The molecule has 0 fully saturated rings. The number of aromatic carboxylic acids is 2. The number of carboxylic acid groups (broad SMARTS) is 2. The molecular weight excluding hydrogens is 1120 g/mol. The largest absolute Gasteiger partial charge is 3.00 e. The van der Waals surface area contributed by atoms with Crippen LogP contribution in [0.3, 0.4) is 0 Å². The molecule has 0 unspecified atom stereocenters. The van der Waals surface area contributed by atoms with Crippen LogP contribution in [-0.2, 0) is 22.1 Å². The molecular formula is C64H59CrN10O10. The number of rotatable bonds is 17. The number of anilines is 1. The Bertz CT molecular complexity index is 3900. The second-order valence-corrected chi connectivity index (χ2v) is 18.6. The Balaban J connectivity index is 0.000000188. The maximum Gasteiger partial charge on any atom is 3.00 e. The number of ether oxygens (including phenoxy) is 1. The van der Waals surface area contributed by atoms with Gasteiger partial charge in [0.2, 0.25) is 5.36 Å². The molecule has 0 amide bonds. The predicted molar refractivity (Wildman–Crippen MR) is 311 cm³/mol. The van der Waals surface area contributed by atoms with Crippen molar-refractivity contribution >= 4 is 57.3 Å². The van der Waals surface area contributed by atoms with E-state index in [2.05, 4.69) is 104 Å². The van der Waals surface area contributed by atoms with Crippen molar-refractivity contribution in [2.24, 2.45) is 20.5 Å². The van der Waals surface area contributed by atoms with Crippen molar-refractivity contribution in [1.29, 1.82) is 0 Å². The molecule has 0 bridgehead atoms. The Hall–Kier alpha value is -10.1. The Labute approximate surface area is 500 Å². The maximum absolute atomic E-state index is 12.9. The Morgan fingerprint density at radius 3 is 1.56 bits per heavy atom. The van der Waals surface area contributed by atoms with Crippen molar-refractivity contribution in [3.63, 3.8) is 0 Å². The van der Waals surface area contributed by atoms with Crippen LogP contribution < -0.4 is 35.3 Å². The monoisotopic (exact) mass is 1180 g/mol. The first-order chi connectivity index (χ1) is 40.7. The number of aliphatic hydroxyl groups excluding tert-OH is 1. The third-order valence-corrected chi connectivity index (χ3v) is 13.4. The van der Waals surface area contributed by atoms with Crippen LogP contribution in [0.25, 0.3) is 44.8 Å². The molecule has 0 saturated carbocycles. The second-order valence-electron chi connectivity index (χ2n) is 18.6. The number of carboxylic acids is 2. The van der Waals surface area contributed by atoms with Crippen LogP contribution in [0.2, 0.25) is 0 Å². The van der Waals surface area contributed by atoms with Gasteiger partial charge in [-0.15, -0.1) is 20.5 Å². The third kappa shape index (κ3) is 14.4. The van der Waals surface area contributed by atoms with Gasteiger partial charge in [-0.05, 0) is 108 Å². The molecule has 3 heterocycles. The van der Waals surface area contributed by atoms with Gasteiger partial charge in [-0.2, -0.15) is 10.2 Å². The van der Waals surface area contributed by atoms with Gasteiger partial charge in [-0.3, -0.25) is 0 Å². The first-order valence-electron chi connectivity index (χ1n) is 27.0. The minimum atomic E-state index is -1.36. The maximum atomic E-state index is 12.9. The van der Waals surface area contributed by atoms with Gasteiger partial charge in [0.15, 0.2) is 0 Å². The van der Waals surface area contributed by atoms with E-state index < -0.39 is 29.7 Å². The van der Waals surface area contributed by atoms with E-state index in [1.165, 1.54) is 33.6 Å². The van der Waals surface area contributed by atoms with Crippen LogP contribution in [0.4, 0.5) is 28.4 Å². The Kier molecular flexibility index (Phi) is 21.5. The summed E-state index contributed by atoms with van der Waals surface area (Å²) in [5.74, 6) is -3.26. The van der Waals surface area contributed by atoms with E-state index in [0.29, 0.717) is 28.3 Å². The molecule has 1 aliphatic carbocycles. The molecule has 21 heteroatoms. The summed E-state index contributed by atoms with van der Waals surface area (Å²) in [6.45, 7) is 15.2. The number of nitrogens with zero attached hydrogens (tertiary/aromatic N) is 10. The molecule has 85 heavy (non-hydrogen) atoms. The standard InChI is InChI=1S/C30H35N2O4.2C17H14N4O3.Cr/c1-5-31(6-2)21-13-15-25-27(19-21)36-28-20-22(32(7-3)8-4)14-16-26(28)29(25)23-11-9-10-12-24(23)30(34)35-18-17-33;2*1-11-15(16(22)21(20-11)12-7-3-2-4-8-12)19-18-14-10-6-5-9-13(14)17(23)24;/h9-16,19-20,33H,5-8,17-18H2,1-4H3;2*2-10,22H,1H3,(H,23,24);/q+1;;;+3/p-4. The number of azo groups is 2. The summed E-state index contributed by atoms with van der Waals surface area (Å²) >= 11 is 0. The number of aliphatic hydroxyl groups is 1. The van der Waals surface area contributed by atoms with Crippen molar-refractivity contribution in [3.05, 3.63) is 203 Å². The Morgan fingerprint density at radius 2 is 1.08 bits per heavy atom. The van der Waals surface area contributed by atoms with Crippen molar-refractivity contribution in [2.45, 2.75) is 41.5 Å². The average molecular weight is 1180 g/mol. The normalized spacial score (nSPS) is 11.0. The van der Waals surface area contributed by atoms with Gasteiger partial charge < -0.3 is 49.2 Å². The minimum Gasteiger partial charge on any atom is -0.857 e. The van der Waals surface area contributed by atoms with Crippen LogP contribution in [-0.4, -0.2) is 82.0 Å². The van der Waals surface area contributed by atoms with Gasteiger partial charge in [0.25, 0.3) is 0 Å². The van der Waals surface area contributed by atoms with E-state index in [1.54, 1.807) is 92.7 Å². The first-order valence-corrected chi connectivity index (χ1v) is 27.0. The van der Waals surface area contributed by atoms with E-state index in [0.717, 1.165) is 70.6 Å². The Morgan fingerprint density at radius 1 is 0.600 bits per heavy atom. The fraction of sp³-hybridized carbons (Fsp3) is 0.188. The quantitative estimate of drug-likeness (QED) is 0.0386. The molecule has 8 aromatic rings. The molecule has 6 aromatic carbocycles. The van der Waals surface area contributed by atoms with Crippen LogP contribution in [0.5, 0.6) is 11.8 Å². The molecule has 1 radical (unpaired) electrons. The molecule has 2 aromatic heterocycles. The van der Waals surface area contributed by atoms with Gasteiger partial charge in [-0.1, -0.05) is 91.0 Å². The number of hydrogen-bond acceptors (Lipinski definition) is 17. The van der Waals surface area contributed by atoms with Gasteiger partial charge in [-0.25, -0.2) is 18.7 Å². The van der Waals surface area contributed by atoms with Gasteiger partial charge in [0.05, 0.1) is 64.3 Å². The molecule has 1 N–H and O–H groups in total. The van der Waals surface area contributed by atoms with Crippen molar-refractivity contribution in [3.8, 4) is 45.6 Å². The zero-order valence-corrected chi connectivity index (χ0v) is 48.7. The molecule has 0 saturated heterocycles. The number of esters is 1. The molecule has 20 nitrogen and oxygen atoms in total. The number of para-hydroxylation sites is 2. The fourth-order valence-corrected chi connectivity index (χ4v) is 9.21. The van der Waals surface area contributed by atoms with E-state index in [-0.39, 0.29) is 64.5 Å². The van der Waals surface area contributed by atoms with Crippen LogP contribution in [0.15, 0.2) is 195 Å². The molecule has 2 aliphatic rings. The topological polar surface area (TPSA) is 277 Å². The van der Waals surface area contributed by atoms with Crippen molar-refractivity contribution < 1.29 is 66.4 Å². The predicted octanol–water partition coefficient (Wildman–Crippen LogP) is 9.08. The van der Waals surface area contributed by atoms with E-state index in [4.69, 9.17) is 14.3 Å². The molecule has 431 valence electrons. The summed E-state index contributed by atoms with van der Waals surface area (Å²) in [7, 11) is 0. The zero-order chi connectivity index (χ0) is 59.9. The van der Waals surface area contributed by atoms with Crippen LogP contribution in [0, 0.1) is 13.8 Å². The number of aryl methyl sites for hydroxylation is 2. The SMILES string of the molecule is CCN(CC)c1ccc2c(-c3ccccc3C(=O)OCCO)c3ccc(=[N+](CC)CC)cc-3oc2c1.Cc1nn(-c2ccccc2)c([O-])c1N=Nc1ccccc1C(=O)[O-].Cc1nn(-c2ccccc2)c([O-])c1N=Nc1ccccc1C(=O)[O-].[Cr+3]. The second kappa shape index (κ2) is 29.3. The summed E-state index contributed by atoms with van der Waals surface area (Å²) in [6.07, 6.45) is 0. The third-order valence-electron chi connectivity index (χ3n) is 13.4. The number of fused-ring (bicyclic) bond motifs is 2. The summed E-state index contributed by atoms with van der Waals surface area (Å²) in [6, 6.07) is 49.9. The smallest absolute Gasteiger partial charge is 0.857 e.